The largest absolute Gasteiger partial charge is 0.350 e. The molecule has 1 aliphatic carbocycles. The Morgan fingerprint density at radius 2 is 2.15 bits per heavy atom. The Hall–Kier alpha value is -2.37. The first-order valence-corrected chi connectivity index (χ1v) is 9.54. The molecule has 3 amide bonds. The topological polar surface area (TPSA) is 78.5 Å². The first-order chi connectivity index (χ1) is 12.5. The van der Waals surface area contributed by atoms with Crippen LogP contribution in [0.25, 0.3) is 0 Å². The number of nitrogens with zero attached hydrogens (tertiary/aromatic N) is 1. The van der Waals surface area contributed by atoms with Crippen molar-refractivity contribution in [3.05, 3.63) is 29.3 Å². The minimum absolute atomic E-state index is 0.0188. The molecule has 6 heteroatoms. The number of hydrogen-bond donors (Lipinski definition) is 2. The van der Waals surface area contributed by atoms with Gasteiger partial charge in [0.05, 0.1) is 6.42 Å². The molecule has 1 aromatic rings. The fourth-order valence-electron chi connectivity index (χ4n) is 4.28. The maximum absolute atomic E-state index is 12.9. The van der Waals surface area contributed by atoms with E-state index in [1.807, 2.05) is 24.0 Å². The van der Waals surface area contributed by atoms with Crippen LogP contribution in [0.4, 0.5) is 5.69 Å². The number of carbonyl (C=O) groups is 3. The molecule has 4 rings (SSSR count). The highest BCUT2D eigenvalue weighted by atomic mass is 16.2. The predicted octanol–water partition coefficient (Wildman–Crippen LogP) is 2.09. The fraction of sp³-hybridized carbons (Fsp3) is 0.550. The van der Waals surface area contributed by atoms with Gasteiger partial charge >= 0.3 is 0 Å². The van der Waals surface area contributed by atoms with Crippen molar-refractivity contribution in [1.29, 1.82) is 0 Å². The molecule has 2 N–H and O–H groups in total. The number of rotatable bonds is 5. The molecule has 1 aromatic carbocycles. The van der Waals surface area contributed by atoms with Crippen LogP contribution in [0.3, 0.4) is 0 Å². The molecule has 1 atom stereocenters. The average molecular weight is 355 g/mol. The van der Waals surface area contributed by atoms with Crippen LogP contribution in [0, 0.1) is 5.92 Å². The summed E-state index contributed by atoms with van der Waals surface area (Å²) in [5, 5.41) is 6.02. The van der Waals surface area contributed by atoms with Gasteiger partial charge in [-0.05, 0) is 49.4 Å². The van der Waals surface area contributed by atoms with E-state index in [2.05, 4.69) is 10.6 Å². The highest BCUT2D eigenvalue weighted by Gasteiger charge is 2.52. The number of carbonyl (C=O) groups excluding carboxylic acids is 3. The van der Waals surface area contributed by atoms with Gasteiger partial charge in [0.1, 0.15) is 0 Å². The number of likely N-dealkylation sites (tertiary alicyclic amines) is 1. The lowest BCUT2D eigenvalue weighted by Crippen LogP contribution is -2.44. The quantitative estimate of drug-likeness (QED) is 0.849. The van der Waals surface area contributed by atoms with E-state index < -0.39 is 0 Å². The number of hydrogen-bond acceptors (Lipinski definition) is 3. The Morgan fingerprint density at radius 1 is 1.35 bits per heavy atom. The molecule has 6 nitrogen and oxygen atoms in total. The molecule has 0 radical (unpaired) electrons. The van der Waals surface area contributed by atoms with Gasteiger partial charge in [-0.3, -0.25) is 14.4 Å². The van der Waals surface area contributed by atoms with Crippen molar-refractivity contribution in [1.82, 2.24) is 10.2 Å². The normalized spacial score (nSPS) is 22.7. The molecule has 2 heterocycles. The molecule has 1 saturated heterocycles. The molecule has 1 unspecified atom stereocenters. The summed E-state index contributed by atoms with van der Waals surface area (Å²) >= 11 is 0. The molecular weight excluding hydrogens is 330 g/mol. The third-order valence-corrected chi connectivity index (χ3v) is 5.89. The van der Waals surface area contributed by atoms with Gasteiger partial charge in [-0.1, -0.05) is 6.92 Å². The second kappa shape index (κ2) is 6.41. The van der Waals surface area contributed by atoms with E-state index in [0.717, 1.165) is 43.5 Å². The SMILES string of the molecule is CCCC(=O)NC1(C2CCN(C(=O)c3ccc4c(c3)CC(=O)N4)C2)CC1. The molecule has 0 spiro atoms. The van der Waals surface area contributed by atoms with E-state index >= 15 is 0 Å². The zero-order valence-corrected chi connectivity index (χ0v) is 15.1. The Kier molecular flexibility index (Phi) is 4.21. The maximum atomic E-state index is 12.9. The number of anilines is 1. The van der Waals surface area contributed by atoms with Crippen molar-refractivity contribution >= 4 is 23.4 Å². The van der Waals surface area contributed by atoms with Crippen LogP contribution in [0.5, 0.6) is 0 Å². The van der Waals surface area contributed by atoms with Gasteiger partial charge < -0.3 is 15.5 Å². The fourth-order valence-corrected chi connectivity index (χ4v) is 4.28. The van der Waals surface area contributed by atoms with Crippen molar-refractivity contribution in [2.45, 2.75) is 51.0 Å². The van der Waals surface area contributed by atoms with E-state index in [9.17, 15) is 14.4 Å². The molecule has 0 bridgehead atoms. The van der Waals surface area contributed by atoms with Crippen molar-refractivity contribution in [2.75, 3.05) is 18.4 Å². The molecule has 138 valence electrons. The van der Waals surface area contributed by atoms with Crippen molar-refractivity contribution in [2.24, 2.45) is 5.92 Å². The number of benzene rings is 1. The Labute approximate surface area is 153 Å². The predicted molar refractivity (Wildman–Crippen MR) is 97.8 cm³/mol. The van der Waals surface area contributed by atoms with Gasteiger partial charge in [-0.2, -0.15) is 0 Å². The number of amides is 3. The lowest BCUT2D eigenvalue weighted by Gasteiger charge is -2.25. The third-order valence-electron chi connectivity index (χ3n) is 5.89. The van der Waals surface area contributed by atoms with Crippen LogP contribution < -0.4 is 10.6 Å². The Bertz CT molecular complexity index is 770. The van der Waals surface area contributed by atoms with Gasteiger partial charge in [0, 0.05) is 42.2 Å². The van der Waals surface area contributed by atoms with Crippen LogP contribution in [-0.2, 0) is 16.0 Å². The van der Waals surface area contributed by atoms with Crippen LogP contribution in [-0.4, -0.2) is 41.2 Å². The number of fused-ring (bicyclic) bond motifs is 1. The summed E-state index contributed by atoms with van der Waals surface area (Å²) in [6.07, 6.45) is 4.73. The zero-order chi connectivity index (χ0) is 18.3. The number of nitrogens with one attached hydrogen (secondary N) is 2. The van der Waals surface area contributed by atoms with Crippen molar-refractivity contribution in [3.8, 4) is 0 Å². The van der Waals surface area contributed by atoms with Crippen LogP contribution in [0.1, 0.15) is 54.9 Å². The highest BCUT2D eigenvalue weighted by molar-refractivity contribution is 6.01. The summed E-state index contributed by atoms with van der Waals surface area (Å²) in [6, 6.07) is 5.43. The van der Waals surface area contributed by atoms with Gasteiger partial charge in [0.25, 0.3) is 5.91 Å². The average Bonchev–Trinajstić information content (AvgIpc) is 3.06. The second-order valence-electron chi connectivity index (χ2n) is 7.79. The molecule has 1 saturated carbocycles. The van der Waals surface area contributed by atoms with Gasteiger partial charge in [0.2, 0.25) is 11.8 Å². The molecule has 3 aliphatic rings. The van der Waals surface area contributed by atoms with E-state index in [1.165, 1.54) is 0 Å². The molecule has 26 heavy (non-hydrogen) atoms. The molecule has 2 fully saturated rings. The third kappa shape index (κ3) is 3.08. The van der Waals surface area contributed by atoms with Crippen LogP contribution in [0.2, 0.25) is 0 Å². The van der Waals surface area contributed by atoms with Crippen LogP contribution >= 0.6 is 0 Å². The molecule has 0 aromatic heterocycles. The van der Waals surface area contributed by atoms with E-state index in [0.29, 0.717) is 30.9 Å². The van der Waals surface area contributed by atoms with Crippen LogP contribution in [0.15, 0.2) is 18.2 Å². The van der Waals surface area contributed by atoms with E-state index in [1.54, 1.807) is 6.07 Å². The molecular formula is C20H25N3O3. The monoisotopic (exact) mass is 355 g/mol. The smallest absolute Gasteiger partial charge is 0.253 e. The lowest BCUT2D eigenvalue weighted by atomic mass is 9.96. The molecule has 2 aliphatic heterocycles. The first-order valence-electron chi connectivity index (χ1n) is 9.54. The Morgan fingerprint density at radius 3 is 2.88 bits per heavy atom. The summed E-state index contributed by atoms with van der Waals surface area (Å²) in [6.45, 7) is 3.43. The lowest BCUT2D eigenvalue weighted by molar-refractivity contribution is -0.122. The summed E-state index contributed by atoms with van der Waals surface area (Å²) in [4.78, 5) is 38.3. The second-order valence-corrected chi connectivity index (χ2v) is 7.79. The van der Waals surface area contributed by atoms with Gasteiger partial charge in [-0.25, -0.2) is 0 Å². The summed E-state index contributed by atoms with van der Waals surface area (Å²) in [5.74, 6) is 0.463. The summed E-state index contributed by atoms with van der Waals surface area (Å²) in [5.41, 5.74) is 2.25. The first kappa shape index (κ1) is 17.1. The van der Waals surface area contributed by atoms with Crippen molar-refractivity contribution < 1.29 is 14.4 Å². The van der Waals surface area contributed by atoms with E-state index in [4.69, 9.17) is 0 Å². The standard InChI is InChI=1S/C20H25N3O3/c1-2-3-17(24)22-20(7-8-20)15-6-9-23(12-15)19(26)13-4-5-16-14(10-13)11-18(25)21-16/h4-5,10,15H,2-3,6-9,11-12H2,1H3,(H,21,25)(H,22,24). The minimum atomic E-state index is -0.0877. The van der Waals surface area contributed by atoms with Gasteiger partial charge in [-0.15, -0.1) is 0 Å². The van der Waals surface area contributed by atoms with Gasteiger partial charge in [0.15, 0.2) is 0 Å². The maximum Gasteiger partial charge on any atom is 0.253 e. The Balaban J connectivity index is 1.41. The minimum Gasteiger partial charge on any atom is -0.350 e. The van der Waals surface area contributed by atoms with E-state index in [-0.39, 0.29) is 23.3 Å². The summed E-state index contributed by atoms with van der Waals surface area (Å²) in [7, 11) is 0. The summed E-state index contributed by atoms with van der Waals surface area (Å²) < 4.78 is 0. The van der Waals surface area contributed by atoms with Crippen molar-refractivity contribution in [3.63, 3.8) is 0 Å². The highest BCUT2D eigenvalue weighted by Crippen LogP contribution is 2.46. The zero-order valence-electron chi connectivity index (χ0n) is 15.1.